The molecule has 0 bridgehead atoms. The molecule has 106 valence electrons. The number of hydrogen-bond acceptors (Lipinski definition) is 3. The van der Waals surface area contributed by atoms with Crippen LogP contribution in [0.4, 0.5) is 0 Å². The zero-order chi connectivity index (χ0) is 14.8. The van der Waals surface area contributed by atoms with Crippen LogP contribution in [-0.4, -0.2) is 15.0 Å². The van der Waals surface area contributed by atoms with E-state index in [1.165, 1.54) is 6.07 Å². The maximum atomic E-state index is 11.4. The van der Waals surface area contributed by atoms with Crippen LogP contribution in [0.25, 0.3) is 0 Å². The van der Waals surface area contributed by atoms with Crippen LogP contribution >= 0.6 is 15.9 Å². The van der Waals surface area contributed by atoms with Gasteiger partial charge in [0.15, 0.2) is 0 Å². The zero-order valence-electron chi connectivity index (χ0n) is 11.2. The minimum Gasteiger partial charge on any atom is -0.488 e. The van der Waals surface area contributed by atoms with Gasteiger partial charge < -0.3 is 4.74 Å². The number of sulfonamides is 1. The van der Waals surface area contributed by atoms with E-state index >= 15 is 0 Å². The molecule has 0 aromatic heterocycles. The second kappa shape index (κ2) is 5.64. The van der Waals surface area contributed by atoms with E-state index in [2.05, 4.69) is 22.5 Å². The summed E-state index contributed by atoms with van der Waals surface area (Å²) < 4.78 is 29.1. The molecule has 0 spiro atoms. The minimum absolute atomic E-state index is 0.0856. The third kappa shape index (κ3) is 4.63. The van der Waals surface area contributed by atoms with Gasteiger partial charge in [-0.15, -0.1) is 0 Å². The van der Waals surface area contributed by atoms with Crippen molar-refractivity contribution in [1.82, 2.24) is 0 Å². The Balaban J connectivity index is 3.29. The van der Waals surface area contributed by atoms with Gasteiger partial charge in [0.2, 0.25) is 10.0 Å². The Labute approximate surface area is 122 Å². The van der Waals surface area contributed by atoms with Gasteiger partial charge in [-0.1, -0.05) is 43.3 Å². The van der Waals surface area contributed by atoms with Gasteiger partial charge in [-0.25, -0.2) is 13.6 Å². The normalized spacial score (nSPS) is 12.3. The van der Waals surface area contributed by atoms with E-state index in [1.54, 1.807) is 12.1 Å². The summed E-state index contributed by atoms with van der Waals surface area (Å²) >= 11 is 3.22. The molecule has 0 radical (unpaired) electrons. The van der Waals surface area contributed by atoms with E-state index in [1.807, 2.05) is 20.8 Å². The van der Waals surface area contributed by atoms with E-state index in [-0.39, 0.29) is 10.3 Å². The molecule has 0 heterocycles. The van der Waals surface area contributed by atoms with E-state index in [0.29, 0.717) is 16.8 Å². The van der Waals surface area contributed by atoms with Crippen molar-refractivity contribution in [2.75, 3.05) is 6.61 Å². The number of hydrogen-bond donors (Lipinski definition) is 1. The second-order valence-corrected chi connectivity index (χ2v) is 7.94. The number of nitrogens with two attached hydrogens (primary N) is 1. The standard InChI is InChI=1S/C13H18BrNO3S/c1-9(14)8-18-12-6-5-10(19(15,16)17)7-11(12)13(2,3)4/h5-7H,1,8H2,2-4H3,(H2,15,16,17). The first-order chi connectivity index (χ1) is 8.51. The molecule has 1 aromatic rings. The van der Waals surface area contributed by atoms with Crippen molar-refractivity contribution >= 4 is 26.0 Å². The molecule has 0 saturated heterocycles. The van der Waals surface area contributed by atoms with Gasteiger partial charge >= 0.3 is 0 Å². The summed E-state index contributed by atoms with van der Waals surface area (Å²) in [6.07, 6.45) is 0. The SMILES string of the molecule is C=C(Br)COc1ccc(S(N)(=O)=O)cc1C(C)(C)C. The van der Waals surface area contributed by atoms with Crippen LogP contribution in [0.5, 0.6) is 5.75 Å². The molecular formula is C13H18BrNO3S. The van der Waals surface area contributed by atoms with Crippen LogP contribution < -0.4 is 9.88 Å². The Hall–Kier alpha value is -0.850. The Morgan fingerprint density at radius 3 is 2.42 bits per heavy atom. The summed E-state index contributed by atoms with van der Waals surface area (Å²) in [6.45, 7) is 9.94. The van der Waals surface area contributed by atoms with Crippen molar-refractivity contribution in [3.05, 3.63) is 34.8 Å². The maximum Gasteiger partial charge on any atom is 0.238 e. The average molecular weight is 348 g/mol. The van der Waals surface area contributed by atoms with Gasteiger partial charge in [0.25, 0.3) is 0 Å². The summed E-state index contributed by atoms with van der Waals surface area (Å²) in [7, 11) is -3.72. The number of benzene rings is 1. The first kappa shape index (κ1) is 16.2. The quantitative estimate of drug-likeness (QED) is 0.910. The topological polar surface area (TPSA) is 69.4 Å². The van der Waals surface area contributed by atoms with Crippen molar-refractivity contribution in [3.8, 4) is 5.75 Å². The molecular weight excluding hydrogens is 330 g/mol. The lowest BCUT2D eigenvalue weighted by Crippen LogP contribution is -2.17. The molecule has 1 rings (SSSR count). The summed E-state index contributed by atoms with van der Waals surface area (Å²) in [6, 6.07) is 4.62. The van der Waals surface area contributed by atoms with Gasteiger partial charge in [0.05, 0.1) is 4.90 Å². The second-order valence-electron chi connectivity index (χ2n) is 5.26. The average Bonchev–Trinajstić information content (AvgIpc) is 2.23. The minimum atomic E-state index is -3.72. The molecule has 0 atom stereocenters. The van der Waals surface area contributed by atoms with Crippen molar-refractivity contribution < 1.29 is 13.2 Å². The highest BCUT2D eigenvalue weighted by atomic mass is 79.9. The van der Waals surface area contributed by atoms with Crippen LogP contribution in [0.2, 0.25) is 0 Å². The highest BCUT2D eigenvalue weighted by Crippen LogP contribution is 2.33. The highest BCUT2D eigenvalue weighted by Gasteiger charge is 2.22. The monoisotopic (exact) mass is 347 g/mol. The largest absolute Gasteiger partial charge is 0.488 e. The van der Waals surface area contributed by atoms with Crippen molar-refractivity contribution in [1.29, 1.82) is 0 Å². The Kier molecular flexibility index (Phi) is 4.81. The zero-order valence-corrected chi connectivity index (χ0v) is 13.6. The number of primary sulfonamides is 1. The molecule has 0 aliphatic carbocycles. The van der Waals surface area contributed by atoms with Gasteiger partial charge in [-0.05, 0) is 23.6 Å². The number of halogens is 1. The molecule has 0 amide bonds. The van der Waals surface area contributed by atoms with Gasteiger partial charge in [-0.2, -0.15) is 0 Å². The van der Waals surface area contributed by atoms with Crippen LogP contribution in [0.15, 0.2) is 34.2 Å². The van der Waals surface area contributed by atoms with E-state index in [4.69, 9.17) is 9.88 Å². The lowest BCUT2D eigenvalue weighted by Gasteiger charge is -2.23. The van der Waals surface area contributed by atoms with Crippen molar-refractivity contribution in [2.24, 2.45) is 5.14 Å². The lowest BCUT2D eigenvalue weighted by atomic mass is 9.86. The Morgan fingerprint density at radius 2 is 2.00 bits per heavy atom. The maximum absolute atomic E-state index is 11.4. The fourth-order valence-corrected chi connectivity index (χ4v) is 2.21. The smallest absolute Gasteiger partial charge is 0.238 e. The highest BCUT2D eigenvalue weighted by molar-refractivity contribution is 9.11. The lowest BCUT2D eigenvalue weighted by molar-refractivity contribution is 0.348. The molecule has 0 fully saturated rings. The fraction of sp³-hybridized carbons (Fsp3) is 0.385. The molecule has 0 aliphatic heterocycles. The molecule has 0 aliphatic rings. The molecule has 0 saturated carbocycles. The predicted octanol–water partition coefficient (Wildman–Crippen LogP) is 2.92. The first-order valence-corrected chi connectivity index (χ1v) is 7.99. The summed E-state index contributed by atoms with van der Waals surface area (Å²) in [5.41, 5.74) is 0.525. The van der Waals surface area contributed by atoms with Crippen LogP contribution in [0.3, 0.4) is 0 Å². The van der Waals surface area contributed by atoms with Gasteiger partial charge in [0, 0.05) is 10.0 Å². The predicted molar refractivity (Wildman–Crippen MR) is 80.1 cm³/mol. The van der Waals surface area contributed by atoms with Crippen molar-refractivity contribution in [2.45, 2.75) is 31.1 Å². The fourth-order valence-electron chi connectivity index (χ4n) is 1.55. The molecule has 6 heteroatoms. The molecule has 19 heavy (non-hydrogen) atoms. The summed E-state index contributed by atoms with van der Waals surface area (Å²) in [5, 5.41) is 5.15. The van der Waals surface area contributed by atoms with E-state index < -0.39 is 10.0 Å². The van der Waals surface area contributed by atoms with Gasteiger partial charge in [0.1, 0.15) is 12.4 Å². The summed E-state index contributed by atoms with van der Waals surface area (Å²) in [5.74, 6) is 0.625. The van der Waals surface area contributed by atoms with E-state index in [9.17, 15) is 8.42 Å². The third-order valence-electron chi connectivity index (χ3n) is 2.47. The Bertz CT molecular complexity index is 588. The molecule has 2 N–H and O–H groups in total. The van der Waals surface area contributed by atoms with Crippen molar-refractivity contribution in [3.63, 3.8) is 0 Å². The Morgan fingerprint density at radius 1 is 1.42 bits per heavy atom. The van der Waals surface area contributed by atoms with Crippen LogP contribution in [0, 0.1) is 0 Å². The van der Waals surface area contributed by atoms with Crippen LogP contribution in [0.1, 0.15) is 26.3 Å². The van der Waals surface area contributed by atoms with E-state index in [0.717, 1.165) is 5.56 Å². The van der Waals surface area contributed by atoms with Gasteiger partial charge in [-0.3, -0.25) is 0 Å². The molecule has 0 unspecified atom stereocenters. The first-order valence-electron chi connectivity index (χ1n) is 5.65. The molecule has 1 aromatic carbocycles. The molecule has 4 nitrogen and oxygen atoms in total. The number of ether oxygens (including phenoxy) is 1. The number of rotatable bonds is 4. The van der Waals surface area contributed by atoms with Crippen LogP contribution in [-0.2, 0) is 15.4 Å². The summed E-state index contributed by atoms with van der Waals surface area (Å²) in [4.78, 5) is 0.0856. The third-order valence-corrected chi connectivity index (χ3v) is 3.61.